The summed E-state index contributed by atoms with van der Waals surface area (Å²) in [6.45, 7) is -0.0461. The minimum atomic E-state index is -0.538. The Morgan fingerprint density at radius 2 is 1.93 bits per heavy atom. The molecular weight excluding hydrogens is 376 g/mol. The topological polar surface area (TPSA) is 140 Å². The van der Waals surface area contributed by atoms with Gasteiger partial charge in [0.15, 0.2) is 5.76 Å². The molecule has 0 amide bonds. The van der Waals surface area contributed by atoms with Crippen molar-refractivity contribution in [2.45, 2.75) is 6.54 Å². The van der Waals surface area contributed by atoms with Gasteiger partial charge in [0.05, 0.1) is 41.3 Å². The van der Waals surface area contributed by atoms with Gasteiger partial charge >= 0.3 is 0 Å². The van der Waals surface area contributed by atoms with Crippen LogP contribution in [0.2, 0.25) is 0 Å². The number of hydrogen-bond acceptors (Lipinski definition) is 8. The molecule has 2 aromatic rings. The zero-order valence-corrected chi connectivity index (χ0v) is 15.0. The monoisotopic (exact) mass is 390 g/mol. The fraction of sp³-hybridized carbons (Fsp3) is 0.150. The zero-order chi connectivity index (χ0) is 21.0. The number of Topliss-reactive ketones (excluding diaryl/α,β-unsaturated/α-hetero) is 1. The highest BCUT2D eigenvalue weighted by atomic mass is 16.6. The first-order valence-electron chi connectivity index (χ1n) is 8.44. The summed E-state index contributed by atoms with van der Waals surface area (Å²) in [6.07, 6.45) is 1.39. The number of phenols is 1. The van der Waals surface area contributed by atoms with Crippen molar-refractivity contribution >= 4 is 17.5 Å². The molecule has 3 rings (SSSR count). The van der Waals surface area contributed by atoms with Crippen LogP contribution in [0.25, 0.3) is 6.08 Å². The molecule has 2 aromatic carbocycles. The van der Waals surface area contributed by atoms with E-state index in [1.54, 1.807) is 6.07 Å². The van der Waals surface area contributed by atoms with E-state index in [9.17, 15) is 20.0 Å². The van der Waals surface area contributed by atoms with E-state index in [0.717, 1.165) is 0 Å². The lowest BCUT2D eigenvalue weighted by atomic mass is 10.0. The summed E-state index contributed by atoms with van der Waals surface area (Å²) in [4.78, 5) is 24.6. The predicted molar refractivity (Wildman–Crippen MR) is 101 cm³/mol. The molecule has 1 N–H and O–H groups in total. The van der Waals surface area contributed by atoms with E-state index in [0.29, 0.717) is 5.56 Å². The molecule has 1 aliphatic rings. The molecule has 0 aliphatic carbocycles. The number of benzene rings is 2. The molecular formula is C20H14N4O5. The molecule has 1 aliphatic heterocycles. The number of carbonyl (C=O) groups is 1. The molecule has 144 valence electrons. The molecule has 29 heavy (non-hydrogen) atoms. The van der Waals surface area contributed by atoms with Gasteiger partial charge in [0.2, 0.25) is 5.78 Å². The van der Waals surface area contributed by atoms with Crippen LogP contribution in [-0.4, -0.2) is 33.8 Å². The third-order valence-corrected chi connectivity index (χ3v) is 4.27. The van der Waals surface area contributed by atoms with Gasteiger partial charge in [-0.15, -0.1) is 0 Å². The molecule has 0 aromatic heterocycles. The Morgan fingerprint density at radius 1 is 1.21 bits per heavy atom. The first-order valence-corrected chi connectivity index (χ1v) is 8.44. The number of fused-ring (bicyclic) bond motifs is 1. The van der Waals surface area contributed by atoms with Crippen molar-refractivity contribution in [2.24, 2.45) is 0 Å². The molecule has 0 spiro atoms. The number of allylic oxidation sites excluding steroid dienone is 1. The Bertz CT molecular complexity index is 1090. The van der Waals surface area contributed by atoms with E-state index < -0.39 is 10.7 Å². The molecule has 0 saturated heterocycles. The van der Waals surface area contributed by atoms with Crippen LogP contribution in [0.15, 0.2) is 42.2 Å². The Morgan fingerprint density at radius 3 is 2.59 bits per heavy atom. The van der Waals surface area contributed by atoms with Crippen molar-refractivity contribution < 1.29 is 19.6 Å². The van der Waals surface area contributed by atoms with Crippen LogP contribution in [-0.2, 0) is 6.54 Å². The van der Waals surface area contributed by atoms with Gasteiger partial charge in [-0.2, -0.15) is 10.5 Å². The first-order chi connectivity index (χ1) is 13.9. The molecule has 9 nitrogen and oxygen atoms in total. The number of nitrogens with zero attached hydrogens (tertiary/aromatic N) is 4. The number of phenolic OH excluding ortho intramolecular Hbond substituents is 1. The number of rotatable bonds is 6. The van der Waals surface area contributed by atoms with Gasteiger partial charge in [-0.25, -0.2) is 0 Å². The van der Waals surface area contributed by atoms with Gasteiger partial charge < -0.3 is 9.84 Å². The number of nitriles is 2. The highest BCUT2D eigenvalue weighted by Crippen LogP contribution is 2.40. The lowest BCUT2D eigenvalue weighted by molar-refractivity contribution is -0.384. The molecule has 0 radical (unpaired) electrons. The van der Waals surface area contributed by atoms with Crippen molar-refractivity contribution in [1.82, 2.24) is 4.90 Å². The zero-order valence-electron chi connectivity index (χ0n) is 15.0. The smallest absolute Gasteiger partial charge is 0.270 e. The molecule has 0 fully saturated rings. The Balaban J connectivity index is 1.96. The van der Waals surface area contributed by atoms with Crippen molar-refractivity contribution in [3.05, 3.63) is 69.0 Å². The number of ether oxygens (including phenoxy) is 1. The fourth-order valence-corrected chi connectivity index (χ4v) is 2.92. The van der Waals surface area contributed by atoms with Crippen molar-refractivity contribution in [1.29, 1.82) is 10.5 Å². The van der Waals surface area contributed by atoms with Gasteiger partial charge in [-0.3, -0.25) is 19.8 Å². The summed E-state index contributed by atoms with van der Waals surface area (Å²) in [5.41, 5.74) is 0.799. The van der Waals surface area contributed by atoms with Gasteiger partial charge in [0, 0.05) is 18.7 Å². The summed E-state index contributed by atoms with van der Waals surface area (Å²) in [7, 11) is 0. The SMILES string of the molecule is N#CCN(CC#N)Cc1c(O)ccc2c1O/C(=C/c1cccc([N+](=O)[O-])c1)C2=O. The summed E-state index contributed by atoms with van der Waals surface area (Å²) >= 11 is 0. The third kappa shape index (κ3) is 4.05. The summed E-state index contributed by atoms with van der Waals surface area (Å²) in [5.74, 6) is -0.457. The maximum atomic E-state index is 12.7. The van der Waals surface area contributed by atoms with E-state index in [2.05, 4.69) is 0 Å². The van der Waals surface area contributed by atoms with Crippen LogP contribution in [0.5, 0.6) is 11.5 Å². The largest absolute Gasteiger partial charge is 0.507 e. The van der Waals surface area contributed by atoms with Crippen LogP contribution in [0, 0.1) is 32.8 Å². The number of ketones is 1. The van der Waals surface area contributed by atoms with Gasteiger partial charge in [0.25, 0.3) is 5.69 Å². The highest BCUT2D eigenvalue weighted by molar-refractivity contribution is 6.15. The van der Waals surface area contributed by atoms with Crippen LogP contribution in [0.4, 0.5) is 5.69 Å². The Labute approximate surface area is 165 Å². The summed E-state index contributed by atoms with van der Waals surface area (Å²) in [6, 6.07) is 12.4. The van der Waals surface area contributed by atoms with Crippen LogP contribution in [0.3, 0.4) is 0 Å². The maximum Gasteiger partial charge on any atom is 0.270 e. The molecule has 0 atom stereocenters. The van der Waals surface area contributed by atoms with Crippen LogP contribution < -0.4 is 4.74 Å². The van der Waals surface area contributed by atoms with E-state index in [-0.39, 0.29) is 53.7 Å². The van der Waals surface area contributed by atoms with Crippen molar-refractivity contribution in [3.8, 4) is 23.6 Å². The second-order valence-electron chi connectivity index (χ2n) is 6.19. The number of non-ortho nitro benzene ring substituents is 1. The number of aromatic hydroxyl groups is 1. The number of nitro groups is 1. The Hall–Kier alpha value is -4.21. The number of carbonyl (C=O) groups excluding carboxylic acids is 1. The standard InChI is InChI=1S/C20H14N4O5/c21-6-8-23(9-7-22)12-16-17(25)5-4-15-19(26)18(29-20(15)16)11-13-2-1-3-14(10-13)24(27)28/h1-5,10-11,25H,8-9,12H2/b18-11+. The Kier molecular flexibility index (Phi) is 5.54. The predicted octanol–water partition coefficient (Wildman–Crippen LogP) is 2.77. The van der Waals surface area contributed by atoms with Gasteiger partial charge in [-0.1, -0.05) is 12.1 Å². The molecule has 0 saturated carbocycles. The average Bonchev–Trinajstić information content (AvgIpc) is 3.00. The third-order valence-electron chi connectivity index (χ3n) is 4.27. The summed E-state index contributed by atoms with van der Waals surface area (Å²) < 4.78 is 5.68. The number of hydrogen-bond donors (Lipinski definition) is 1. The first kappa shape index (κ1) is 19.5. The lowest BCUT2D eigenvalue weighted by Gasteiger charge is -2.17. The maximum absolute atomic E-state index is 12.7. The van der Waals surface area contributed by atoms with Crippen LogP contribution in [0.1, 0.15) is 21.5 Å². The van der Waals surface area contributed by atoms with Crippen molar-refractivity contribution in [2.75, 3.05) is 13.1 Å². The van der Waals surface area contributed by atoms with E-state index in [1.807, 2.05) is 12.1 Å². The van der Waals surface area contributed by atoms with E-state index in [4.69, 9.17) is 15.3 Å². The minimum Gasteiger partial charge on any atom is -0.507 e. The quantitative estimate of drug-likeness (QED) is 0.343. The van der Waals surface area contributed by atoms with Crippen molar-refractivity contribution in [3.63, 3.8) is 0 Å². The highest BCUT2D eigenvalue weighted by Gasteiger charge is 2.31. The van der Waals surface area contributed by atoms with E-state index >= 15 is 0 Å². The van der Waals surface area contributed by atoms with Crippen LogP contribution >= 0.6 is 0 Å². The van der Waals surface area contributed by atoms with Gasteiger partial charge in [-0.05, 0) is 23.8 Å². The molecule has 0 bridgehead atoms. The molecule has 1 heterocycles. The number of nitro benzene ring substituents is 1. The minimum absolute atomic E-state index is 0.0352. The second kappa shape index (κ2) is 8.21. The average molecular weight is 390 g/mol. The van der Waals surface area contributed by atoms with E-state index in [1.165, 1.54) is 41.3 Å². The summed E-state index contributed by atoms with van der Waals surface area (Å²) in [5, 5.41) is 39.0. The second-order valence-corrected chi connectivity index (χ2v) is 6.19. The molecule has 9 heteroatoms. The molecule has 0 unspecified atom stereocenters. The lowest BCUT2D eigenvalue weighted by Crippen LogP contribution is -2.24. The fourth-order valence-electron chi connectivity index (χ4n) is 2.92. The van der Waals surface area contributed by atoms with Gasteiger partial charge in [0.1, 0.15) is 11.5 Å². The normalized spacial score (nSPS) is 13.6.